The van der Waals surface area contributed by atoms with Gasteiger partial charge in [-0.15, -0.1) is 11.6 Å². The van der Waals surface area contributed by atoms with E-state index in [2.05, 4.69) is 25.1 Å². The molecular formula is C17H21F2Li. The summed E-state index contributed by atoms with van der Waals surface area (Å²) in [6.45, 7) is 2.17. The molecule has 1 aromatic carbocycles. The monoisotopic (exact) mass is 270 g/mol. The predicted molar refractivity (Wildman–Crippen MR) is 73.9 cm³/mol. The summed E-state index contributed by atoms with van der Waals surface area (Å²) in [5.74, 6) is -0.763. The maximum absolute atomic E-state index is 13.7. The molecule has 0 N–H and O–H groups in total. The van der Waals surface area contributed by atoms with E-state index >= 15 is 0 Å². The van der Waals surface area contributed by atoms with Crippen LogP contribution in [0.15, 0.2) is 24.3 Å². The van der Waals surface area contributed by atoms with Gasteiger partial charge in [-0.3, -0.25) is 4.39 Å². The van der Waals surface area contributed by atoms with Gasteiger partial charge in [-0.2, -0.15) is 12.1 Å². The fourth-order valence-electron chi connectivity index (χ4n) is 2.86. The Kier molecular flexibility index (Phi) is 7.55. The number of hydrogen-bond donors (Lipinski definition) is 0. The first-order chi connectivity index (χ1) is 9.22. The fourth-order valence-corrected chi connectivity index (χ4v) is 2.86. The SMILES string of the molecule is CCCC=CC1CCC(c2cc[c-]c(F)c2F)CC1.[Li+]. The van der Waals surface area contributed by atoms with Gasteiger partial charge in [0.05, 0.1) is 0 Å². The molecule has 0 amide bonds. The number of halogens is 2. The smallest absolute Gasteiger partial charge is 0.281 e. The summed E-state index contributed by atoms with van der Waals surface area (Å²) in [4.78, 5) is 0. The van der Waals surface area contributed by atoms with E-state index in [1.165, 1.54) is 12.5 Å². The van der Waals surface area contributed by atoms with Crippen molar-refractivity contribution in [3.8, 4) is 0 Å². The van der Waals surface area contributed by atoms with Gasteiger partial charge in [0.1, 0.15) is 0 Å². The van der Waals surface area contributed by atoms with Crippen LogP contribution in [0.2, 0.25) is 0 Å². The quantitative estimate of drug-likeness (QED) is 0.448. The molecule has 0 unspecified atom stereocenters. The topological polar surface area (TPSA) is 0 Å². The minimum Gasteiger partial charge on any atom is -0.281 e. The first-order valence-electron chi connectivity index (χ1n) is 7.24. The van der Waals surface area contributed by atoms with Gasteiger partial charge < -0.3 is 0 Å². The van der Waals surface area contributed by atoms with Crippen molar-refractivity contribution in [3.63, 3.8) is 0 Å². The second-order valence-electron chi connectivity index (χ2n) is 5.39. The molecule has 0 nitrogen and oxygen atoms in total. The van der Waals surface area contributed by atoms with Crippen LogP contribution in [0.5, 0.6) is 0 Å². The molecule has 1 fully saturated rings. The number of allylic oxidation sites excluding steroid dienone is 2. The first-order valence-corrected chi connectivity index (χ1v) is 7.24. The zero-order chi connectivity index (χ0) is 13.7. The second-order valence-corrected chi connectivity index (χ2v) is 5.39. The normalized spacial score (nSPS) is 22.8. The average Bonchev–Trinajstić information content (AvgIpc) is 2.43. The summed E-state index contributed by atoms with van der Waals surface area (Å²) in [6, 6.07) is 5.43. The van der Waals surface area contributed by atoms with Gasteiger partial charge in [0, 0.05) is 11.6 Å². The zero-order valence-corrected chi connectivity index (χ0v) is 12.5. The van der Waals surface area contributed by atoms with E-state index in [-0.39, 0.29) is 24.8 Å². The van der Waals surface area contributed by atoms with E-state index in [9.17, 15) is 8.78 Å². The summed E-state index contributed by atoms with van der Waals surface area (Å²) in [5.41, 5.74) is 0.534. The van der Waals surface area contributed by atoms with Crippen LogP contribution < -0.4 is 18.9 Å². The predicted octanol–water partition coefficient (Wildman–Crippen LogP) is 2.40. The summed E-state index contributed by atoms with van der Waals surface area (Å²) < 4.78 is 26.9. The molecule has 0 radical (unpaired) electrons. The maximum atomic E-state index is 13.7. The Bertz CT molecular complexity index is 435. The van der Waals surface area contributed by atoms with E-state index in [1.807, 2.05) is 0 Å². The molecule has 1 saturated carbocycles. The van der Waals surface area contributed by atoms with Crippen molar-refractivity contribution in [1.82, 2.24) is 0 Å². The van der Waals surface area contributed by atoms with Gasteiger partial charge in [0.25, 0.3) is 0 Å². The Labute approximate surface area is 132 Å². The molecule has 2 rings (SSSR count). The van der Waals surface area contributed by atoms with Crippen LogP contribution in [0.1, 0.15) is 56.9 Å². The molecule has 0 bridgehead atoms. The number of rotatable bonds is 4. The zero-order valence-electron chi connectivity index (χ0n) is 12.5. The van der Waals surface area contributed by atoms with Crippen LogP contribution in [-0.2, 0) is 0 Å². The Balaban J connectivity index is 0.00000200. The third kappa shape index (κ3) is 4.47. The summed E-state index contributed by atoms with van der Waals surface area (Å²) >= 11 is 0. The molecular weight excluding hydrogens is 249 g/mol. The molecule has 0 atom stereocenters. The van der Waals surface area contributed by atoms with Crippen LogP contribution >= 0.6 is 0 Å². The van der Waals surface area contributed by atoms with Crippen LogP contribution in [-0.4, -0.2) is 0 Å². The Morgan fingerprint density at radius 2 is 1.95 bits per heavy atom. The largest absolute Gasteiger partial charge is 1.00 e. The Morgan fingerprint density at radius 3 is 2.60 bits per heavy atom. The summed E-state index contributed by atoms with van der Waals surface area (Å²) in [6.07, 6.45) is 10.9. The van der Waals surface area contributed by atoms with Crippen molar-refractivity contribution < 1.29 is 27.6 Å². The molecule has 104 valence electrons. The number of benzene rings is 1. The van der Waals surface area contributed by atoms with Gasteiger partial charge in [0.2, 0.25) is 0 Å². The van der Waals surface area contributed by atoms with Gasteiger partial charge in [0.15, 0.2) is 0 Å². The van der Waals surface area contributed by atoms with Gasteiger partial charge in [-0.1, -0.05) is 25.5 Å². The van der Waals surface area contributed by atoms with E-state index in [0.29, 0.717) is 11.5 Å². The van der Waals surface area contributed by atoms with Crippen LogP contribution in [0, 0.1) is 23.6 Å². The van der Waals surface area contributed by atoms with Crippen molar-refractivity contribution in [2.75, 3.05) is 0 Å². The standard InChI is InChI=1S/C17H21F2.Li/c1-2-3-4-6-13-9-11-14(12-10-13)15-7-5-8-16(18)17(15)19;/h4-7,13-14H,2-3,9-12H2,1H3;/q-1;+1. The number of unbranched alkanes of at least 4 members (excludes halogenated alkanes) is 1. The van der Waals surface area contributed by atoms with Gasteiger partial charge in [-0.05, 0) is 43.9 Å². The van der Waals surface area contributed by atoms with Crippen molar-refractivity contribution in [1.29, 1.82) is 0 Å². The molecule has 0 spiro atoms. The minimum atomic E-state index is -0.845. The third-order valence-corrected chi connectivity index (χ3v) is 3.99. The van der Waals surface area contributed by atoms with E-state index in [0.717, 1.165) is 32.1 Å². The molecule has 0 aromatic heterocycles. The second kappa shape index (κ2) is 8.65. The van der Waals surface area contributed by atoms with Crippen molar-refractivity contribution in [2.24, 2.45) is 5.92 Å². The summed E-state index contributed by atoms with van der Waals surface area (Å²) in [5, 5.41) is 0. The minimum absolute atomic E-state index is 0. The molecule has 3 heteroatoms. The molecule has 1 aliphatic carbocycles. The van der Waals surface area contributed by atoms with Crippen LogP contribution in [0.25, 0.3) is 0 Å². The Morgan fingerprint density at radius 1 is 1.25 bits per heavy atom. The van der Waals surface area contributed by atoms with Crippen molar-refractivity contribution in [2.45, 2.75) is 51.4 Å². The van der Waals surface area contributed by atoms with Crippen molar-refractivity contribution >= 4 is 0 Å². The van der Waals surface area contributed by atoms with Gasteiger partial charge in [-0.25, -0.2) is 4.39 Å². The van der Waals surface area contributed by atoms with Gasteiger partial charge >= 0.3 is 18.9 Å². The third-order valence-electron chi connectivity index (χ3n) is 3.99. The summed E-state index contributed by atoms with van der Waals surface area (Å²) in [7, 11) is 0. The van der Waals surface area contributed by atoms with E-state index in [1.54, 1.807) is 6.07 Å². The van der Waals surface area contributed by atoms with Crippen LogP contribution in [0.4, 0.5) is 8.78 Å². The first kappa shape index (κ1) is 17.5. The van der Waals surface area contributed by atoms with E-state index in [4.69, 9.17) is 0 Å². The Hall–Kier alpha value is -0.583. The van der Waals surface area contributed by atoms with E-state index < -0.39 is 11.6 Å². The molecule has 0 saturated heterocycles. The van der Waals surface area contributed by atoms with Crippen molar-refractivity contribution in [3.05, 3.63) is 47.5 Å². The molecule has 20 heavy (non-hydrogen) atoms. The maximum Gasteiger partial charge on any atom is 1.00 e. The molecule has 0 aliphatic heterocycles. The average molecular weight is 270 g/mol. The molecule has 0 heterocycles. The molecule has 1 aromatic rings. The van der Waals surface area contributed by atoms with Crippen LogP contribution in [0.3, 0.4) is 0 Å². The number of hydrogen-bond acceptors (Lipinski definition) is 0. The molecule has 1 aliphatic rings. The fraction of sp³-hybridized carbons (Fsp3) is 0.529.